The van der Waals surface area contributed by atoms with Crippen LogP contribution in [0.2, 0.25) is 6.32 Å². The van der Waals surface area contributed by atoms with Crippen LogP contribution in [0.1, 0.15) is 13.8 Å². The number of hydrogen-bond acceptors (Lipinski definition) is 3. The molecule has 0 N–H and O–H groups in total. The predicted octanol–water partition coefficient (Wildman–Crippen LogP) is 0.958. The Morgan fingerprint density at radius 3 is 2.50 bits per heavy atom. The molecule has 0 atom stereocenters. The highest BCUT2D eigenvalue weighted by Crippen LogP contribution is 1.92. The summed E-state index contributed by atoms with van der Waals surface area (Å²) in [4.78, 5) is 4.87. The molecule has 0 fully saturated rings. The number of ether oxygens (including phenoxy) is 1. The van der Waals surface area contributed by atoms with Crippen molar-refractivity contribution in [2.75, 3.05) is 7.11 Å². The van der Waals surface area contributed by atoms with E-state index in [4.69, 9.17) is 17.4 Å². The molecule has 0 aliphatic rings. The molecular formula is C6H12BNO2. The van der Waals surface area contributed by atoms with E-state index in [0.29, 0.717) is 5.90 Å². The van der Waals surface area contributed by atoms with Gasteiger partial charge in [-0.1, -0.05) is 5.16 Å². The van der Waals surface area contributed by atoms with Crippen molar-refractivity contribution in [3.05, 3.63) is 0 Å². The van der Waals surface area contributed by atoms with Gasteiger partial charge in [-0.25, -0.2) is 0 Å². The number of methoxy groups -OCH3 is 1. The second-order valence-corrected chi connectivity index (χ2v) is 2.05. The number of rotatable bonds is 3. The highest BCUT2D eigenvalue weighted by atomic mass is 16.7. The lowest BCUT2D eigenvalue weighted by Crippen LogP contribution is -2.04. The summed E-state index contributed by atoms with van der Waals surface area (Å²) < 4.78 is 4.75. The van der Waals surface area contributed by atoms with Gasteiger partial charge in [-0.15, -0.1) is 0 Å². The van der Waals surface area contributed by atoms with E-state index in [2.05, 4.69) is 5.16 Å². The van der Waals surface area contributed by atoms with E-state index >= 15 is 0 Å². The van der Waals surface area contributed by atoms with Gasteiger partial charge >= 0.3 is 0 Å². The van der Waals surface area contributed by atoms with E-state index in [9.17, 15) is 0 Å². The summed E-state index contributed by atoms with van der Waals surface area (Å²) in [5.74, 6) is 0.411. The lowest BCUT2D eigenvalue weighted by atomic mass is 10.1. The first-order valence-electron chi connectivity index (χ1n) is 3.17. The molecule has 0 aliphatic heterocycles. The van der Waals surface area contributed by atoms with Crippen molar-refractivity contribution in [1.29, 1.82) is 0 Å². The molecule has 2 radical (unpaired) electrons. The summed E-state index contributed by atoms with van der Waals surface area (Å²) in [5, 5.41) is 3.63. The summed E-state index contributed by atoms with van der Waals surface area (Å²) >= 11 is 0. The Bertz CT molecular complexity index is 108. The zero-order valence-corrected chi connectivity index (χ0v) is 6.63. The molecule has 0 aliphatic carbocycles. The number of oxime groups is 1. The van der Waals surface area contributed by atoms with Crippen LogP contribution in [0.3, 0.4) is 0 Å². The monoisotopic (exact) mass is 141 g/mol. The minimum absolute atomic E-state index is 0.0664. The van der Waals surface area contributed by atoms with E-state index < -0.39 is 0 Å². The summed E-state index contributed by atoms with van der Waals surface area (Å²) in [6.45, 7) is 3.76. The highest BCUT2D eigenvalue weighted by Gasteiger charge is 1.94. The van der Waals surface area contributed by atoms with Crippen molar-refractivity contribution in [3.63, 3.8) is 0 Å². The molecule has 0 spiro atoms. The summed E-state index contributed by atoms with van der Waals surface area (Å²) in [6, 6.07) is 0. The molecule has 0 aromatic heterocycles. The molecule has 0 bridgehead atoms. The highest BCUT2D eigenvalue weighted by molar-refractivity contribution is 6.19. The second kappa shape index (κ2) is 5.15. The van der Waals surface area contributed by atoms with Gasteiger partial charge in [-0.2, -0.15) is 0 Å². The third-order valence-electron chi connectivity index (χ3n) is 0.776. The van der Waals surface area contributed by atoms with Crippen LogP contribution in [0.4, 0.5) is 0 Å². The molecule has 10 heavy (non-hydrogen) atoms. The molecular weight excluding hydrogens is 129 g/mol. The van der Waals surface area contributed by atoms with Gasteiger partial charge < -0.3 is 9.57 Å². The third-order valence-corrected chi connectivity index (χ3v) is 0.776. The van der Waals surface area contributed by atoms with Gasteiger partial charge in [0.1, 0.15) is 6.10 Å². The van der Waals surface area contributed by atoms with Crippen molar-refractivity contribution in [3.8, 4) is 0 Å². The minimum atomic E-state index is 0.0664. The molecule has 0 rings (SSSR count). The SMILES string of the molecule is [B]C/C(=N\OC(C)C)OC. The quantitative estimate of drug-likeness (QED) is 0.253. The van der Waals surface area contributed by atoms with Crippen molar-refractivity contribution in [2.45, 2.75) is 26.3 Å². The Labute approximate surface area is 62.8 Å². The molecule has 4 heteroatoms. The zero-order valence-electron chi connectivity index (χ0n) is 6.63. The lowest BCUT2D eigenvalue weighted by molar-refractivity contribution is 0.0795. The molecule has 56 valence electrons. The van der Waals surface area contributed by atoms with E-state index in [1.54, 1.807) is 0 Å². The van der Waals surface area contributed by atoms with Gasteiger partial charge in [0.2, 0.25) is 5.90 Å². The van der Waals surface area contributed by atoms with Gasteiger partial charge in [0.15, 0.2) is 0 Å². The van der Waals surface area contributed by atoms with Crippen LogP contribution in [0.15, 0.2) is 5.16 Å². The van der Waals surface area contributed by atoms with Crippen LogP contribution >= 0.6 is 0 Å². The van der Waals surface area contributed by atoms with Crippen LogP contribution in [-0.2, 0) is 9.57 Å². The Morgan fingerprint density at radius 2 is 2.20 bits per heavy atom. The summed E-state index contributed by atoms with van der Waals surface area (Å²) in [6.07, 6.45) is 0.333. The molecule has 0 unspecified atom stereocenters. The van der Waals surface area contributed by atoms with Gasteiger partial charge in [0.25, 0.3) is 0 Å². The largest absolute Gasteiger partial charge is 0.482 e. The van der Waals surface area contributed by atoms with Crippen molar-refractivity contribution in [1.82, 2.24) is 0 Å². The average Bonchev–Trinajstić information content (AvgIpc) is 1.90. The maximum absolute atomic E-state index is 5.23. The van der Waals surface area contributed by atoms with E-state index in [0.717, 1.165) is 0 Å². The first kappa shape index (κ1) is 9.33. The van der Waals surface area contributed by atoms with Crippen molar-refractivity contribution >= 4 is 13.7 Å². The average molecular weight is 141 g/mol. The molecule has 0 saturated carbocycles. The topological polar surface area (TPSA) is 30.8 Å². The van der Waals surface area contributed by atoms with Crippen LogP contribution in [0.25, 0.3) is 0 Å². The normalized spacial score (nSPS) is 11.8. The van der Waals surface area contributed by atoms with Crippen LogP contribution in [-0.4, -0.2) is 27.0 Å². The molecule has 3 nitrogen and oxygen atoms in total. The number of hydrogen-bond donors (Lipinski definition) is 0. The van der Waals surface area contributed by atoms with E-state index in [1.807, 2.05) is 13.8 Å². The molecule has 0 aromatic carbocycles. The Morgan fingerprint density at radius 1 is 1.60 bits per heavy atom. The fourth-order valence-corrected chi connectivity index (χ4v) is 0.322. The van der Waals surface area contributed by atoms with Crippen LogP contribution in [0.5, 0.6) is 0 Å². The van der Waals surface area contributed by atoms with Crippen LogP contribution in [0, 0.1) is 0 Å². The Hall–Kier alpha value is -0.665. The molecule has 0 saturated heterocycles. The van der Waals surface area contributed by atoms with Crippen LogP contribution < -0.4 is 0 Å². The first-order valence-corrected chi connectivity index (χ1v) is 3.17. The second-order valence-electron chi connectivity index (χ2n) is 2.05. The maximum atomic E-state index is 5.23. The van der Waals surface area contributed by atoms with Crippen molar-refractivity contribution in [2.24, 2.45) is 5.16 Å². The third kappa shape index (κ3) is 4.24. The smallest absolute Gasteiger partial charge is 0.216 e. The van der Waals surface area contributed by atoms with E-state index in [-0.39, 0.29) is 12.4 Å². The number of nitrogens with zero attached hydrogens (tertiary/aromatic N) is 1. The minimum Gasteiger partial charge on any atom is -0.482 e. The summed E-state index contributed by atoms with van der Waals surface area (Å²) in [5.41, 5.74) is 0. The maximum Gasteiger partial charge on any atom is 0.216 e. The predicted molar refractivity (Wildman–Crippen MR) is 41.2 cm³/mol. The standard InChI is InChI=1S/C6H12BNO2/c1-5(2)10-8-6(4-7)9-3/h5H,4H2,1-3H3/b8-6+. The van der Waals surface area contributed by atoms with Gasteiger partial charge in [0, 0.05) is 0 Å². The zero-order chi connectivity index (χ0) is 7.98. The van der Waals surface area contributed by atoms with Gasteiger partial charge in [-0.05, 0) is 20.2 Å². The molecule has 0 aromatic rings. The lowest BCUT2D eigenvalue weighted by Gasteiger charge is -2.04. The molecule has 0 amide bonds. The van der Waals surface area contributed by atoms with E-state index in [1.165, 1.54) is 7.11 Å². The fraction of sp³-hybridized carbons (Fsp3) is 0.833. The Kier molecular flexibility index (Phi) is 4.80. The first-order chi connectivity index (χ1) is 4.70. The van der Waals surface area contributed by atoms with Crippen molar-refractivity contribution < 1.29 is 9.57 Å². The fourth-order valence-electron chi connectivity index (χ4n) is 0.322. The van der Waals surface area contributed by atoms with Gasteiger partial charge in [0.05, 0.1) is 15.0 Å². The summed E-state index contributed by atoms with van der Waals surface area (Å²) in [7, 11) is 6.74. The van der Waals surface area contributed by atoms with Gasteiger partial charge in [-0.3, -0.25) is 0 Å². The molecule has 0 heterocycles. The Balaban J connectivity index is 3.63.